The van der Waals surface area contributed by atoms with Gasteiger partial charge < -0.3 is 14.9 Å². The van der Waals surface area contributed by atoms with E-state index in [4.69, 9.17) is 14.9 Å². The van der Waals surface area contributed by atoms with Gasteiger partial charge in [0, 0.05) is 12.3 Å². The fourth-order valence-electron chi connectivity index (χ4n) is 1.79. The van der Waals surface area contributed by atoms with Crippen molar-refractivity contribution >= 4 is 14.4 Å². The van der Waals surface area contributed by atoms with E-state index in [0.29, 0.717) is 12.4 Å². The molecule has 1 rings (SSSR count). The Hall–Kier alpha value is -1.44. The van der Waals surface area contributed by atoms with Crippen LogP contribution < -0.4 is 10.5 Å². The van der Waals surface area contributed by atoms with Gasteiger partial charge in [-0.15, -0.1) is 0 Å². The normalized spacial score (nSPS) is 13.9. The van der Waals surface area contributed by atoms with Crippen molar-refractivity contribution in [2.75, 3.05) is 20.7 Å². The summed E-state index contributed by atoms with van der Waals surface area (Å²) in [5.41, 5.74) is 5.85. The molecular weight excluding hydrogens is 310 g/mol. The van der Waals surface area contributed by atoms with Crippen LogP contribution in [-0.4, -0.2) is 45.0 Å². The second kappa shape index (κ2) is 7.42. The van der Waals surface area contributed by atoms with E-state index in [2.05, 4.69) is 38.8 Å². The van der Waals surface area contributed by atoms with E-state index in [9.17, 15) is 4.79 Å². The van der Waals surface area contributed by atoms with Crippen LogP contribution in [0, 0.1) is 0 Å². The average Bonchev–Trinajstić information content (AvgIpc) is 2.36. The van der Waals surface area contributed by atoms with Crippen molar-refractivity contribution in [1.82, 2.24) is 9.88 Å². The van der Waals surface area contributed by atoms with Gasteiger partial charge in [-0.3, -0.25) is 9.88 Å². The van der Waals surface area contributed by atoms with Crippen molar-refractivity contribution in [3.8, 4) is 5.75 Å². The summed E-state index contributed by atoms with van der Waals surface area (Å²) in [7, 11) is 2.10. The van der Waals surface area contributed by atoms with E-state index in [1.165, 1.54) is 0 Å². The molecule has 0 spiro atoms. The molecule has 2 N–H and O–H groups in total. The number of aromatic nitrogens is 1. The van der Waals surface area contributed by atoms with Gasteiger partial charge >= 0.3 is 6.09 Å². The lowest BCUT2D eigenvalue weighted by Gasteiger charge is -2.38. The Morgan fingerprint density at radius 2 is 2.00 bits per heavy atom. The summed E-state index contributed by atoms with van der Waals surface area (Å²) in [6, 6.07) is 3.31. The van der Waals surface area contributed by atoms with Crippen LogP contribution in [0.4, 0.5) is 4.79 Å². The van der Waals surface area contributed by atoms with Crippen LogP contribution in [0.25, 0.3) is 0 Å². The highest BCUT2D eigenvalue weighted by Gasteiger charge is 2.38. The third-order valence-electron chi connectivity index (χ3n) is 4.34. The Labute approximate surface area is 140 Å². The number of primary amides is 1. The van der Waals surface area contributed by atoms with Crippen LogP contribution in [0.2, 0.25) is 18.1 Å². The molecule has 0 aliphatic carbocycles. The monoisotopic (exact) mass is 339 g/mol. The summed E-state index contributed by atoms with van der Waals surface area (Å²) in [4.78, 5) is 17.3. The quantitative estimate of drug-likeness (QED) is 0.806. The lowest BCUT2D eigenvalue weighted by molar-refractivity contribution is 0.171. The highest BCUT2D eigenvalue weighted by atomic mass is 28.4. The fourth-order valence-corrected chi connectivity index (χ4v) is 2.80. The Balaban J connectivity index is 2.93. The van der Waals surface area contributed by atoms with Gasteiger partial charge in [-0.2, -0.15) is 0 Å². The molecule has 6 nitrogen and oxygen atoms in total. The first-order valence-electron chi connectivity index (χ1n) is 7.67. The molecule has 0 aliphatic heterocycles. The molecule has 1 heterocycles. The Morgan fingerprint density at radius 1 is 1.39 bits per heavy atom. The molecule has 0 bridgehead atoms. The standard InChI is InChI=1S/C16H29N3O3Si/c1-16(2,3)23(6,7)21-11-14(19(4)5)13-10-12(8-9-18-13)22-15(17)20/h8-10,14H,11H2,1-7H3,(H2,17,20). The molecule has 1 aromatic heterocycles. The minimum Gasteiger partial charge on any atom is -0.415 e. The molecule has 0 saturated heterocycles. The summed E-state index contributed by atoms with van der Waals surface area (Å²) in [6.07, 6.45) is 0.775. The van der Waals surface area contributed by atoms with Crippen molar-refractivity contribution in [3.63, 3.8) is 0 Å². The zero-order valence-electron chi connectivity index (χ0n) is 15.2. The molecule has 0 fully saturated rings. The lowest BCUT2D eigenvalue weighted by Crippen LogP contribution is -2.43. The van der Waals surface area contributed by atoms with Crippen LogP contribution in [0.5, 0.6) is 5.75 Å². The molecule has 1 atom stereocenters. The third-order valence-corrected chi connectivity index (χ3v) is 8.84. The molecule has 0 saturated carbocycles. The van der Waals surface area contributed by atoms with Crippen molar-refractivity contribution < 1.29 is 14.0 Å². The summed E-state index contributed by atoms with van der Waals surface area (Å²) in [6.45, 7) is 11.6. The number of carbonyl (C=O) groups excluding carboxylic acids is 1. The number of rotatable bonds is 6. The van der Waals surface area contributed by atoms with E-state index < -0.39 is 14.4 Å². The molecule has 0 radical (unpaired) electrons. The molecule has 23 heavy (non-hydrogen) atoms. The number of carbonyl (C=O) groups is 1. The second-order valence-corrected chi connectivity index (χ2v) is 12.2. The molecule has 0 aliphatic rings. The maximum absolute atomic E-state index is 10.9. The molecule has 1 amide bonds. The van der Waals surface area contributed by atoms with Gasteiger partial charge in [0.1, 0.15) is 5.75 Å². The molecule has 1 aromatic rings. The maximum atomic E-state index is 10.9. The van der Waals surface area contributed by atoms with Crippen molar-refractivity contribution in [2.45, 2.75) is 44.9 Å². The Morgan fingerprint density at radius 3 is 2.48 bits per heavy atom. The SMILES string of the molecule is CN(C)C(CO[Si](C)(C)C(C)(C)C)c1cc(OC(N)=O)ccn1. The fraction of sp³-hybridized carbons (Fsp3) is 0.625. The first-order chi connectivity index (χ1) is 10.4. The first-order valence-corrected chi connectivity index (χ1v) is 10.6. The Kier molecular flexibility index (Phi) is 6.32. The van der Waals surface area contributed by atoms with E-state index in [-0.39, 0.29) is 11.1 Å². The van der Waals surface area contributed by atoms with Gasteiger partial charge in [0.2, 0.25) is 0 Å². The lowest BCUT2D eigenvalue weighted by atomic mass is 10.2. The van der Waals surface area contributed by atoms with Gasteiger partial charge in [-0.25, -0.2) is 4.79 Å². The largest absolute Gasteiger partial charge is 0.415 e. The first kappa shape index (κ1) is 19.6. The van der Waals surface area contributed by atoms with Crippen LogP contribution in [0.3, 0.4) is 0 Å². The second-order valence-electron chi connectivity index (χ2n) is 7.39. The summed E-state index contributed by atoms with van der Waals surface area (Å²) in [5.74, 6) is 0.390. The number of hydrogen-bond acceptors (Lipinski definition) is 5. The molecular formula is C16H29N3O3Si. The highest BCUT2D eigenvalue weighted by molar-refractivity contribution is 6.74. The summed E-state index contributed by atoms with van der Waals surface area (Å²) < 4.78 is 11.3. The average molecular weight is 340 g/mol. The van der Waals surface area contributed by atoms with Crippen molar-refractivity contribution in [2.24, 2.45) is 5.73 Å². The maximum Gasteiger partial charge on any atom is 0.409 e. The van der Waals surface area contributed by atoms with E-state index in [1.54, 1.807) is 18.3 Å². The number of pyridine rings is 1. The summed E-state index contributed by atoms with van der Waals surface area (Å²) in [5, 5.41) is 0.147. The van der Waals surface area contributed by atoms with Gasteiger partial charge in [0.25, 0.3) is 0 Å². The number of hydrogen-bond donors (Lipinski definition) is 1. The van der Waals surface area contributed by atoms with Gasteiger partial charge in [-0.05, 0) is 38.3 Å². The predicted molar refractivity (Wildman–Crippen MR) is 94.0 cm³/mol. The minimum absolute atomic E-state index is 0.0273. The van der Waals surface area contributed by atoms with Gasteiger partial charge in [0.05, 0.1) is 18.3 Å². The van der Waals surface area contributed by atoms with Crippen LogP contribution in [-0.2, 0) is 4.43 Å². The van der Waals surface area contributed by atoms with E-state index >= 15 is 0 Å². The number of ether oxygens (including phenoxy) is 1. The van der Waals surface area contributed by atoms with Crippen molar-refractivity contribution in [1.29, 1.82) is 0 Å². The summed E-state index contributed by atoms with van der Waals surface area (Å²) >= 11 is 0. The van der Waals surface area contributed by atoms with Crippen molar-refractivity contribution in [3.05, 3.63) is 24.0 Å². The van der Waals surface area contributed by atoms with Crippen LogP contribution in [0.15, 0.2) is 18.3 Å². The molecule has 0 aromatic carbocycles. The zero-order valence-corrected chi connectivity index (χ0v) is 16.2. The van der Waals surface area contributed by atoms with Crippen LogP contribution in [0.1, 0.15) is 32.5 Å². The molecule has 130 valence electrons. The van der Waals surface area contributed by atoms with Gasteiger partial charge in [0.15, 0.2) is 8.32 Å². The topological polar surface area (TPSA) is 77.7 Å². The number of nitrogens with zero attached hydrogens (tertiary/aromatic N) is 2. The van der Waals surface area contributed by atoms with Crippen LogP contribution >= 0.6 is 0 Å². The number of nitrogens with two attached hydrogens (primary N) is 1. The third kappa shape index (κ3) is 5.60. The highest BCUT2D eigenvalue weighted by Crippen LogP contribution is 2.37. The number of amides is 1. The molecule has 7 heteroatoms. The van der Waals surface area contributed by atoms with E-state index in [1.807, 2.05) is 19.0 Å². The Bertz CT molecular complexity index is 542. The smallest absolute Gasteiger partial charge is 0.409 e. The zero-order chi connectivity index (χ0) is 17.8. The molecule has 1 unspecified atom stereocenters. The van der Waals surface area contributed by atoms with E-state index in [0.717, 1.165) is 5.69 Å². The predicted octanol–water partition coefficient (Wildman–Crippen LogP) is 3.16. The van der Waals surface area contributed by atoms with Gasteiger partial charge in [-0.1, -0.05) is 20.8 Å². The minimum atomic E-state index is -1.85. The number of likely N-dealkylation sites (N-methyl/N-ethyl adjacent to an activating group) is 1.